The van der Waals surface area contributed by atoms with Gasteiger partial charge in [0.25, 0.3) is 0 Å². The highest BCUT2D eigenvalue weighted by Crippen LogP contribution is 2.25. The first-order valence-corrected chi connectivity index (χ1v) is 11.0. The van der Waals surface area contributed by atoms with Crippen LogP contribution in [0.25, 0.3) is 11.1 Å². The SMILES string of the molecule is CN(C)c1ccc(-c2ccc(OC3CCN(C(=O)Nc4cccs4)CC3)cc2)cn1. The van der Waals surface area contributed by atoms with E-state index in [9.17, 15) is 4.79 Å². The predicted molar refractivity (Wildman–Crippen MR) is 123 cm³/mol. The quantitative estimate of drug-likeness (QED) is 0.632. The van der Waals surface area contributed by atoms with Crippen LogP contribution in [0.2, 0.25) is 0 Å². The number of pyridine rings is 1. The van der Waals surface area contributed by atoms with E-state index in [1.807, 2.05) is 65.8 Å². The molecule has 1 fully saturated rings. The fraction of sp³-hybridized carbons (Fsp3) is 0.304. The molecule has 0 bridgehead atoms. The summed E-state index contributed by atoms with van der Waals surface area (Å²) in [6.45, 7) is 1.40. The van der Waals surface area contributed by atoms with E-state index in [4.69, 9.17) is 4.74 Å². The van der Waals surface area contributed by atoms with Gasteiger partial charge in [-0.1, -0.05) is 12.1 Å². The second-order valence-corrected chi connectivity index (χ2v) is 8.48. The van der Waals surface area contributed by atoms with Gasteiger partial charge in [-0.3, -0.25) is 5.32 Å². The molecule has 0 atom stereocenters. The Labute approximate surface area is 181 Å². The number of aromatic nitrogens is 1. The molecule has 3 aromatic rings. The Morgan fingerprint density at radius 2 is 1.83 bits per heavy atom. The minimum atomic E-state index is -0.0332. The van der Waals surface area contributed by atoms with Crippen molar-refractivity contribution in [2.75, 3.05) is 37.4 Å². The Bertz CT molecular complexity index is 948. The molecule has 0 spiro atoms. The van der Waals surface area contributed by atoms with Crippen LogP contribution < -0.4 is 15.0 Å². The Kier molecular flexibility index (Phi) is 6.18. The molecule has 2 aromatic heterocycles. The Morgan fingerprint density at radius 1 is 1.10 bits per heavy atom. The number of nitrogens with one attached hydrogen (secondary N) is 1. The summed E-state index contributed by atoms with van der Waals surface area (Å²) < 4.78 is 6.15. The number of likely N-dealkylation sites (tertiary alicyclic amines) is 1. The standard InChI is InChI=1S/C23H26N4O2S/c1-26(2)21-10-7-18(16-24-21)17-5-8-19(9-6-17)29-20-11-13-27(14-12-20)23(28)25-22-4-3-15-30-22/h3-10,15-16,20H,11-14H2,1-2H3,(H,25,28). The summed E-state index contributed by atoms with van der Waals surface area (Å²) in [7, 11) is 3.96. The highest BCUT2D eigenvalue weighted by Gasteiger charge is 2.24. The van der Waals surface area contributed by atoms with Crippen molar-refractivity contribution in [3.63, 3.8) is 0 Å². The molecule has 1 aliphatic heterocycles. The van der Waals surface area contributed by atoms with E-state index in [-0.39, 0.29) is 12.1 Å². The van der Waals surface area contributed by atoms with Crippen molar-refractivity contribution in [3.05, 3.63) is 60.1 Å². The van der Waals surface area contributed by atoms with Crippen LogP contribution in [-0.2, 0) is 0 Å². The highest BCUT2D eigenvalue weighted by atomic mass is 32.1. The molecule has 0 unspecified atom stereocenters. The van der Waals surface area contributed by atoms with Crippen molar-refractivity contribution >= 4 is 28.2 Å². The molecule has 6 nitrogen and oxygen atoms in total. The van der Waals surface area contributed by atoms with E-state index in [1.165, 1.54) is 11.3 Å². The van der Waals surface area contributed by atoms with Gasteiger partial charge in [0.2, 0.25) is 0 Å². The fourth-order valence-electron chi connectivity index (χ4n) is 3.45. The van der Waals surface area contributed by atoms with Crippen molar-refractivity contribution in [1.29, 1.82) is 0 Å². The van der Waals surface area contributed by atoms with Crippen LogP contribution in [-0.4, -0.2) is 49.2 Å². The third-order valence-corrected chi connectivity index (χ3v) is 5.96. The van der Waals surface area contributed by atoms with Crippen molar-refractivity contribution < 1.29 is 9.53 Å². The zero-order chi connectivity index (χ0) is 20.9. The van der Waals surface area contributed by atoms with E-state index in [0.717, 1.165) is 40.5 Å². The number of anilines is 2. The number of hydrogen-bond donors (Lipinski definition) is 1. The molecule has 1 saturated heterocycles. The molecule has 0 saturated carbocycles. The van der Waals surface area contributed by atoms with Crippen molar-refractivity contribution in [2.24, 2.45) is 0 Å². The number of hydrogen-bond acceptors (Lipinski definition) is 5. The smallest absolute Gasteiger partial charge is 0.322 e. The van der Waals surface area contributed by atoms with Gasteiger partial charge in [-0.05, 0) is 47.3 Å². The molecular formula is C23H26N4O2S. The zero-order valence-electron chi connectivity index (χ0n) is 17.2. The second kappa shape index (κ2) is 9.17. The number of ether oxygens (including phenoxy) is 1. The lowest BCUT2D eigenvalue weighted by Gasteiger charge is -2.32. The number of rotatable bonds is 5. The van der Waals surface area contributed by atoms with Gasteiger partial charge < -0.3 is 14.5 Å². The highest BCUT2D eigenvalue weighted by molar-refractivity contribution is 7.14. The van der Waals surface area contributed by atoms with Gasteiger partial charge >= 0.3 is 6.03 Å². The predicted octanol–water partition coefficient (Wildman–Crippen LogP) is 4.95. The summed E-state index contributed by atoms with van der Waals surface area (Å²) in [5.74, 6) is 1.80. The third-order valence-electron chi connectivity index (χ3n) is 5.18. The van der Waals surface area contributed by atoms with Gasteiger partial charge in [-0.2, -0.15) is 0 Å². The van der Waals surface area contributed by atoms with Gasteiger partial charge in [0, 0.05) is 51.8 Å². The Morgan fingerprint density at radius 3 is 2.43 bits per heavy atom. The van der Waals surface area contributed by atoms with E-state index in [0.29, 0.717) is 13.1 Å². The third kappa shape index (κ3) is 4.91. The molecule has 7 heteroatoms. The number of benzene rings is 1. The molecule has 30 heavy (non-hydrogen) atoms. The van der Waals surface area contributed by atoms with E-state index >= 15 is 0 Å². The number of urea groups is 1. The molecule has 1 aromatic carbocycles. The molecule has 2 amide bonds. The average molecular weight is 423 g/mol. The molecule has 0 radical (unpaired) electrons. The van der Waals surface area contributed by atoms with Crippen LogP contribution in [0, 0.1) is 0 Å². The number of nitrogens with zero attached hydrogens (tertiary/aromatic N) is 3. The molecule has 3 heterocycles. The van der Waals surface area contributed by atoms with Crippen LogP contribution in [0.3, 0.4) is 0 Å². The van der Waals surface area contributed by atoms with Gasteiger partial charge in [0.05, 0.1) is 5.00 Å². The van der Waals surface area contributed by atoms with E-state index < -0.39 is 0 Å². The molecule has 156 valence electrons. The van der Waals surface area contributed by atoms with E-state index in [2.05, 4.69) is 28.5 Å². The van der Waals surface area contributed by atoms with Crippen molar-refractivity contribution in [2.45, 2.75) is 18.9 Å². The maximum Gasteiger partial charge on any atom is 0.322 e. The lowest BCUT2D eigenvalue weighted by Crippen LogP contribution is -2.43. The van der Waals surface area contributed by atoms with Crippen LogP contribution in [0.4, 0.5) is 15.6 Å². The minimum absolute atomic E-state index is 0.0332. The zero-order valence-corrected chi connectivity index (χ0v) is 18.1. The first kappa shape index (κ1) is 20.2. The average Bonchev–Trinajstić information content (AvgIpc) is 3.28. The number of piperidine rings is 1. The maximum absolute atomic E-state index is 12.3. The fourth-order valence-corrected chi connectivity index (χ4v) is 4.06. The molecule has 0 aliphatic carbocycles. The maximum atomic E-state index is 12.3. The van der Waals surface area contributed by atoms with Crippen LogP contribution in [0.5, 0.6) is 5.75 Å². The number of thiophene rings is 1. The summed E-state index contributed by atoms with van der Waals surface area (Å²) in [4.78, 5) is 20.6. The summed E-state index contributed by atoms with van der Waals surface area (Å²) >= 11 is 1.53. The molecular weight excluding hydrogens is 396 g/mol. The van der Waals surface area contributed by atoms with E-state index in [1.54, 1.807) is 0 Å². The number of carbonyl (C=O) groups is 1. The lowest BCUT2D eigenvalue weighted by molar-refractivity contribution is 0.115. The summed E-state index contributed by atoms with van der Waals surface area (Å²) in [6.07, 6.45) is 3.68. The van der Waals surface area contributed by atoms with Gasteiger partial charge in [-0.25, -0.2) is 9.78 Å². The minimum Gasteiger partial charge on any atom is -0.490 e. The van der Waals surface area contributed by atoms with Crippen LogP contribution in [0.1, 0.15) is 12.8 Å². The second-order valence-electron chi connectivity index (χ2n) is 7.54. The van der Waals surface area contributed by atoms with Gasteiger partial charge in [-0.15, -0.1) is 11.3 Å². The largest absolute Gasteiger partial charge is 0.490 e. The Balaban J connectivity index is 1.28. The van der Waals surface area contributed by atoms with Crippen molar-refractivity contribution in [1.82, 2.24) is 9.88 Å². The molecule has 1 N–H and O–H groups in total. The number of amides is 2. The molecule has 1 aliphatic rings. The molecule has 4 rings (SSSR count). The monoisotopic (exact) mass is 422 g/mol. The summed E-state index contributed by atoms with van der Waals surface area (Å²) in [5.41, 5.74) is 2.19. The topological polar surface area (TPSA) is 57.7 Å². The van der Waals surface area contributed by atoms with Gasteiger partial charge in [0.15, 0.2) is 0 Å². The van der Waals surface area contributed by atoms with Crippen molar-refractivity contribution in [3.8, 4) is 16.9 Å². The van der Waals surface area contributed by atoms with Gasteiger partial charge in [0.1, 0.15) is 17.7 Å². The first-order chi connectivity index (χ1) is 14.6. The van der Waals surface area contributed by atoms with Crippen LogP contribution in [0.15, 0.2) is 60.1 Å². The Hall–Kier alpha value is -3.06. The normalized spacial score (nSPS) is 14.4. The van der Waals surface area contributed by atoms with Crippen LogP contribution >= 0.6 is 11.3 Å². The number of carbonyl (C=O) groups excluding carboxylic acids is 1. The first-order valence-electron chi connectivity index (χ1n) is 10.1. The lowest BCUT2D eigenvalue weighted by atomic mass is 10.1. The summed E-state index contributed by atoms with van der Waals surface area (Å²) in [5, 5.41) is 5.78. The summed E-state index contributed by atoms with van der Waals surface area (Å²) in [6, 6.07) is 16.0.